The van der Waals surface area contributed by atoms with Gasteiger partial charge in [-0.05, 0) is 57.2 Å². The Bertz CT molecular complexity index is 769. The first kappa shape index (κ1) is 17.8. The molecular weight excluding hydrogens is 330 g/mol. The molecular formula is C18H18ClNO4. The summed E-state index contributed by atoms with van der Waals surface area (Å²) in [6, 6.07) is 9.12. The molecule has 24 heavy (non-hydrogen) atoms. The van der Waals surface area contributed by atoms with Gasteiger partial charge >= 0.3 is 5.97 Å². The fourth-order valence-corrected chi connectivity index (χ4v) is 2.27. The third-order valence-corrected chi connectivity index (χ3v) is 3.70. The predicted octanol–water partition coefficient (Wildman–Crippen LogP) is 4.39. The van der Waals surface area contributed by atoms with E-state index in [0.29, 0.717) is 22.0 Å². The Morgan fingerprint density at radius 1 is 1.12 bits per heavy atom. The molecule has 0 aliphatic carbocycles. The molecule has 0 bridgehead atoms. The lowest BCUT2D eigenvalue weighted by Crippen LogP contribution is -2.14. The molecule has 2 N–H and O–H groups in total. The highest BCUT2D eigenvalue weighted by atomic mass is 35.5. The number of hydrogen-bond acceptors (Lipinski definition) is 3. The number of nitrogens with one attached hydrogen (secondary N) is 1. The monoisotopic (exact) mass is 347 g/mol. The van der Waals surface area contributed by atoms with Crippen LogP contribution in [0.15, 0.2) is 36.4 Å². The summed E-state index contributed by atoms with van der Waals surface area (Å²) in [5, 5.41) is 12.0. The number of carbonyl (C=O) groups is 2. The first-order chi connectivity index (χ1) is 11.3. The third kappa shape index (κ3) is 4.26. The van der Waals surface area contributed by atoms with Crippen LogP contribution in [0, 0.1) is 6.92 Å². The summed E-state index contributed by atoms with van der Waals surface area (Å²) in [7, 11) is 0. The molecule has 0 aliphatic heterocycles. The number of ether oxygens (including phenoxy) is 1. The van der Waals surface area contributed by atoms with E-state index in [-0.39, 0.29) is 17.6 Å². The molecule has 0 aromatic heterocycles. The minimum absolute atomic E-state index is 0.0401. The number of carboxylic acid groups (broad SMARTS) is 1. The number of benzene rings is 2. The largest absolute Gasteiger partial charge is 0.491 e. The number of amides is 1. The standard InChI is InChI=1S/C18H18ClNO4/c1-10(2)24-16-9-13(8-15(19)11(16)3)17(21)20-14-6-4-12(5-7-14)18(22)23/h4-10H,1-3H3,(H,20,21)(H,22,23). The average Bonchev–Trinajstić information content (AvgIpc) is 2.51. The van der Waals surface area contributed by atoms with Crippen molar-refractivity contribution in [3.63, 3.8) is 0 Å². The van der Waals surface area contributed by atoms with Crippen LogP contribution < -0.4 is 10.1 Å². The molecule has 0 fully saturated rings. The second kappa shape index (κ2) is 7.36. The fraction of sp³-hybridized carbons (Fsp3) is 0.222. The van der Waals surface area contributed by atoms with Crippen LogP contribution in [0.25, 0.3) is 0 Å². The predicted molar refractivity (Wildman–Crippen MR) is 93.3 cm³/mol. The first-order valence-electron chi connectivity index (χ1n) is 7.39. The normalized spacial score (nSPS) is 10.5. The molecule has 0 spiro atoms. The van der Waals surface area contributed by atoms with Gasteiger partial charge in [0, 0.05) is 21.8 Å². The van der Waals surface area contributed by atoms with Gasteiger partial charge in [0.05, 0.1) is 11.7 Å². The highest BCUT2D eigenvalue weighted by Gasteiger charge is 2.14. The minimum atomic E-state index is -1.02. The van der Waals surface area contributed by atoms with Gasteiger partial charge in [0.1, 0.15) is 5.75 Å². The van der Waals surface area contributed by atoms with Gasteiger partial charge in [0.2, 0.25) is 0 Å². The van der Waals surface area contributed by atoms with Crippen LogP contribution in [0.4, 0.5) is 5.69 Å². The summed E-state index contributed by atoms with van der Waals surface area (Å²) in [6.45, 7) is 5.61. The van der Waals surface area contributed by atoms with Crippen LogP contribution in [0.1, 0.15) is 40.1 Å². The lowest BCUT2D eigenvalue weighted by atomic mass is 10.1. The quantitative estimate of drug-likeness (QED) is 0.841. The Labute approximate surface area is 145 Å². The lowest BCUT2D eigenvalue weighted by molar-refractivity contribution is 0.0696. The summed E-state index contributed by atoms with van der Waals surface area (Å²) in [5.41, 5.74) is 1.78. The maximum Gasteiger partial charge on any atom is 0.335 e. The van der Waals surface area contributed by atoms with Crippen LogP contribution in [0.5, 0.6) is 5.75 Å². The molecule has 1 amide bonds. The summed E-state index contributed by atoms with van der Waals surface area (Å²) < 4.78 is 5.68. The summed E-state index contributed by atoms with van der Waals surface area (Å²) in [5.74, 6) is -0.814. The smallest absolute Gasteiger partial charge is 0.335 e. The number of rotatable bonds is 5. The zero-order chi connectivity index (χ0) is 17.9. The number of carbonyl (C=O) groups excluding carboxylic acids is 1. The van der Waals surface area contributed by atoms with Gasteiger partial charge in [0.25, 0.3) is 5.91 Å². The van der Waals surface area contributed by atoms with E-state index in [2.05, 4.69) is 5.32 Å². The van der Waals surface area contributed by atoms with Gasteiger partial charge in [-0.3, -0.25) is 4.79 Å². The molecule has 0 atom stereocenters. The summed E-state index contributed by atoms with van der Waals surface area (Å²) >= 11 is 6.18. The van der Waals surface area contributed by atoms with E-state index in [0.717, 1.165) is 5.56 Å². The molecule has 2 rings (SSSR count). The molecule has 0 unspecified atom stereocenters. The topological polar surface area (TPSA) is 75.6 Å². The molecule has 6 heteroatoms. The van der Waals surface area contributed by atoms with Gasteiger partial charge in [0.15, 0.2) is 0 Å². The second-order valence-corrected chi connectivity index (χ2v) is 5.99. The summed E-state index contributed by atoms with van der Waals surface area (Å²) in [6.07, 6.45) is -0.0401. The maximum absolute atomic E-state index is 12.4. The molecule has 0 radical (unpaired) electrons. The number of hydrogen-bond donors (Lipinski definition) is 2. The third-order valence-electron chi connectivity index (χ3n) is 3.31. The molecule has 0 aliphatic rings. The van der Waals surface area contributed by atoms with E-state index in [1.54, 1.807) is 12.1 Å². The zero-order valence-corrected chi connectivity index (χ0v) is 14.3. The summed E-state index contributed by atoms with van der Waals surface area (Å²) in [4.78, 5) is 23.2. The van der Waals surface area contributed by atoms with Crippen molar-refractivity contribution in [1.82, 2.24) is 0 Å². The van der Waals surface area contributed by atoms with E-state index in [4.69, 9.17) is 21.4 Å². The molecule has 2 aromatic carbocycles. The van der Waals surface area contributed by atoms with Gasteiger partial charge in [-0.2, -0.15) is 0 Å². The Morgan fingerprint density at radius 2 is 1.75 bits per heavy atom. The van der Waals surface area contributed by atoms with Crippen molar-refractivity contribution in [2.45, 2.75) is 26.9 Å². The molecule has 2 aromatic rings. The van der Waals surface area contributed by atoms with Gasteiger partial charge in [-0.15, -0.1) is 0 Å². The Hall–Kier alpha value is -2.53. The van der Waals surface area contributed by atoms with E-state index < -0.39 is 5.97 Å². The highest BCUT2D eigenvalue weighted by Crippen LogP contribution is 2.29. The molecule has 0 saturated heterocycles. The van der Waals surface area contributed by atoms with Crippen LogP contribution in [0.2, 0.25) is 5.02 Å². The van der Waals surface area contributed by atoms with Crippen molar-refractivity contribution in [3.8, 4) is 5.75 Å². The molecule has 126 valence electrons. The van der Waals surface area contributed by atoms with Gasteiger partial charge in [-0.25, -0.2) is 4.79 Å². The Morgan fingerprint density at radius 3 is 2.29 bits per heavy atom. The van der Waals surface area contributed by atoms with Crippen LogP contribution in [-0.4, -0.2) is 23.1 Å². The minimum Gasteiger partial charge on any atom is -0.491 e. The highest BCUT2D eigenvalue weighted by molar-refractivity contribution is 6.32. The second-order valence-electron chi connectivity index (χ2n) is 5.58. The average molecular weight is 348 g/mol. The van der Waals surface area contributed by atoms with Crippen molar-refractivity contribution in [3.05, 3.63) is 58.1 Å². The number of aromatic carboxylic acids is 1. The number of halogens is 1. The van der Waals surface area contributed by atoms with Crippen molar-refractivity contribution < 1.29 is 19.4 Å². The maximum atomic E-state index is 12.4. The van der Waals surface area contributed by atoms with Crippen molar-refractivity contribution >= 4 is 29.2 Å². The van der Waals surface area contributed by atoms with E-state index >= 15 is 0 Å². The van der Waals surface area contributed by atoms with E-state index in [1.807, 2.05) is 20.8 Å². The van der Waals surface area contributed by atoms with Crippen LogP contribution in [-0.2, 0) is 0 Å². The molecule has 0 heterocycles. The van der Waals surface area contributed by atoms with Gasteiger partial charge < -0.3 is 15.2 Å². The number of anilines is 1. The van der Waals surface area contributed by atoms with Gasteiger partial charge in [-0.1, -0.05) is 11.6 Å². The van der Waals surface area contributed by atoms with Crippen LogP contribution >= 0.6 is 11.6 Å². The van der Waals surface area contributed by atoms with Crippen molar-refractivity contribution in [1.29, 1.82) is 0 Å². The SMILES string of the molecule is Cc1c(Cl)cc(C(=O)Nc2ccc(C(=O)O)cc2)cc1OC(C)C. The van der Waals surface area contributed by atoms with Crippen LogP contribution in [0.3, 0.4) is 0 Å². The van der Waals surface area contributed by atoms with Crippen molar-refractivity contribution in [2.24, 2.45) is 0 Å². The Kier molecular flexibility index (Phi) is 5.46. The van der Waals surface area contributed by atoms with Crippen molar-refractivity contribution in [2.75, 3.05) is 5.32 Å². The molecule has 0 saturated carbocycles. The Balaban J connectivity index is 2.23. The van der Waals surface area contributed by atoms with E-state index in [1.165, 1.54) is 24.3 Å². The van der Waals surface area contributed by atoms with E-state index in [9.17, 15) is 9.59 Å². The first-order valence-corrected chi connectivity index (χ1v) is 7.77. The molecule has 5 nitrogen and oxygen atoms in total. The number of carboxylic acids is 1. The lowest BCUT2D eigenvalue weighted by Gasteiger charge is -2.15. The fourth-order valence-electron chi connectivity index (χ4n) is 2.06. The zero-order valence-electron chi connectivity index (χ0n) is 13.6.